The van der Waals surface area contributed by atoms with Gasteiger partial charge in [-0.05, 0) is 39.5 Å². The van der Waals surface area contributed by atoms with E-state index in [1.807, 2.05) is 6.07 Å². The lowest BCUT2D eigenvalue weighted by Gasteiger charge is -2.29. The van der Waals surface area contributed by atoms with E-state index in [4.69, 9.17) is 0 Å². The summed E-state index contributed by atoms with van der Waals surface area (Å²) < 4.78 is 1.05. The fourth-order valence-electron chi connectivity index (χ4n) is 1.89. The summed E-state index contributed by atoms with van der Waals surface area (Å²) in [4.78, 5) is 0.943. The maximum absolute atomic E-state index is 10.5. The molecule has 0 fully saturated rings. The summed E-state index contributed by atoms with van der Waals surface area (Å²) in [5.41, 5.74) is 1.80. The van der Waals surface area contributed by atoms with Gasteiger partial charge in [0.2, 0.25) is 0 Å². The van der Waals surface area contributed by atoms with E-state index in [1.165, 1.54) is 0 Å². The van der Waals surface area contributed by atoms with E-state index in [9.17, 15) is 5.11 Å². The molecule has 0 atom stereocenters. The Labute approximate surface area is 124 Å². The molecule has 1 aromatic carbocycles. The molecule has 17 heavy (non-hydrogen) atoms. The molecule has 0 saturated carbocycles. The lowest BCUT2D eigenvalue weighted by Crippen LogP contribution is -2.19. The van der Waals surface area contributed by atoms with Gasteiger partial charge in [0, 0.05) is 19.6 Å². The number of benzene rings is 1. The van der Waals surface area contributed by atoms with Crippen molar-refractivity contribution < 1.29 is 5.11 Å². The second-order valence-corrected chi connectivity index (χ2v) is 8.04. The minimum atomic E-state index is -0.0840. The molecule has 0 radical (unpaired) electrons. The zero-order valence-electron chi connectivity index (χ0n) is 11.3. The van der Waals surface area contributed by atoms with Gasteiger partial charge in [0.1, 0.15) is 5.75 Å². The van der Waals surface area contributed by atoms with Crippen molar-refractivity contribution in [2.45, 2.75) is 57.3 Å². The first-order valence-corrected chi connectivity index (χ1v) is 7.24. The number of phenols is 1. The van der Waals surface area contributed by atoms with E-state index in [1.54, 1.807) is 0 Å². The number of rotatable bonds is 0. The van der Waals surface area contributed by atoms with Crippen molar-refractivity contribution >= 4 is 35.2 Å². The normalized spacial score (nSPS) is 12.9. The molecule has 1 aromatic rings. The molecular formula is C14H21IOS. The van der Waals surface area contributed by atoms with Crippen molar-refractivity contribution in [1.29, 1.82) is 0 Å². The smallest absolute Gasteiger partial charge is 0.124 e. The van der Waals surface area contributed by atoms with Gasteiger partial charge in [0.05, 0.1) is 0 Å². The van der Waals surface area contributed by atoms with Gasteiger partial charge in [-0.25, -0.2) is 0 Å². The van der Waals surface area contributed by atoms with Crippen LogP contribution in [0.5, 0.6) is 5.75 Å². The van der Waals surface area contributed by atoms with Crippen molar-refractivity contribution in [3.8, 4) is 5.75 Å². The average Bonchev–Trinajstić information content (AvgIpc) is 2.07. The van der Waals surface area contributed by atoms with Gasteiger partial charge in [-0.3, -0.25) is 0 Å². The Bertz CT molecular complexity index is 439. The molecule has 0 bridgehead atoms. The molecule has 0 unspecified atom stereocenters. The van der Waals surface area contributed by atoms with Crippen LogP contribution in [0.2, 0.25) is 0 Å². The highest BCUT2D eigenvalue weighted by Gasteiger charge is 2.28. The number of halogens is 1. The predicted octanol–water partition coefficient (Wildman–Crippen LogP) is 4.88. The molecule has 1 nitrogen and oxygen atoms in total. The van der Waals surface area contributed by atoms with Crippen LogP contribution in [0.3, 0.4) is 0 Å². The molecule has 1 N–H and O–H groups in total. The lowest BCUT2D eigenvalue weighted by molar-refractivity contribution is 0.420. The number of hydrogen-bond acceptors (Lipinski definition) is 2. The summed E-state index contributed by atoms with van der Waals surface area (Å²) in [5.74, 6) is 0.423. The molecule has 1 rings (SSSR count). The molecule has 0 saturated heterocycles. The molecule has 0 spiro atoms. The minimum absolute atomic E-state index is 0.0775. The number of hydrogen-bond donors (Lipinski definition) is 2. The number of thiol groups is 1. The molecule has 3 heteroatoms. The topological polar surface area (TPSA) is 20.2 Å². The van der Waals surface area contributed by atoms with E-state index in [0.29, 0.717) is 5.75 Å². The van der Waals surface area contributed by atoms with Crippen LogP contribution >= 0.6 is 35.2 Å². The van der Waals surface area contributed by atoms with Crippen LogP contribution in [0.25, 0.3) is 0 Å². The zero-order chi connectivity index (χ0) is 13.6. The second-order valence-electron chi connectivity index (χ2n) is 6.48. The third-order valence-electron chi connectivity index (χ3n) is 2.78. The van der Waals surface area contributed by atoms with E-state index in [2.05, 4.69) is 76.8 Å². The minimum Gasteiger partial charge on any atom is -0.507 e. The van der Waals surface area contributed by atoms with Crippen molar-refractivity contribution in [1.82, 2.24) is 0 Å². The third-order valence-corrected chi connectivity index (χ3v) is 4.68. The maximum Gasteiger partial charge on any atom is 0.124 e. The number of phenolic OH excluding ortho intramolecular Hbond substituents is 1. The van der Waals surface area contributed by atoms with Gasteiger partial charge in [-0.1, -0.05) is 41.5 Å². The molecule has 96 valence electrons. The van der Waals surface area contributed by atoms with Crippen LogP contribution in [0.4, 0.5) is 0 Å². The van der Waals surface area contributed by atoms with Crippen molar-refractivity contribution in [3.63, 3.8) is 0 Å². The number of aromatic hydroxyl groups is 1. The summed E-state index contributed by atoms with van der Waals surface area (Å²) in [6, 6.07) is 1.98. The molecule has 0 aromatic heterocycles. The summed E-state index contributed by atoms with van der Waals surface area (Å²) >= 11 is 6.79. The quantitative estimate of drug-likeness (QED) is 0.497. The zero-order valence-corrected chi connectivity index (χ0v) is 14.4. The summed E-state index contributed by atoms with van der Waals surface area (Å²) in [7, 11) is 0. The fourth-order valence-corrected chi connectivity index (χ4v) is 3.35. The highest BCUT2D eigenvalue weighted by molar-refractivity contribution is 14.1. The molecule has 0 amide bonds. The Morgan fingerprint density at radius 2 is 1.53 bits per heavy atom. The Kier molecular flexibility index (Phi) is 4.15. The van der Waals surface area contributed by atoms with Gasteiger partial charge < -0.3 is 5.11 Å². The first-order chi connectivity index (χ1) is 7.46. The van der Waals surface area contributed by atoms with Crippen LogP contribution in [0, 0.1) is 3.57 Å². The lowest BCUT2D eigenvalue weighted by atomic mass is 9.79. The SMILES string of the molecule is CC(C)(C)c1cc(S)c(I)c(C(C)(C)C)c1O. The van der Waals surface area contributed by atoms with Gasteiger partial charge in [-0.15, -0.1) is 12.6 Å². The molecule has 0 aliphatic rings. The van der Waals surface area contributed by atoms with Gasteiger partial charge in [0.25, 0.3) is 0 Å². The maximum atomic E-state index is 10.5. The molecule has 0 heterocycles. The van der Waals surface area contributed by atoms with Crippen molar-refractivity contribution in [2.24, 2.45) is 0 Å². The van der Waals surface area contributed by atoms with Crippen LogP contribution < -0.4 is 0 Å². The van der Waals surface area contributed by atoms with E-state index in [-0.39, 0.29) is 10.8 Å². The van der Waals surface area contributed by atoms with Crippen LogP contribution in [0.1, 0.15) is 52.7 Å². The van der Waals surface area contributed by atoms with E-state index >= 15 is 0 Å². The van der Waals surface area contributed by atoms with E-state index in [0.717, 1.165) is 19.6 Å². The first-order valence-electron chi connectivity index (χ1n) is 5.71. The van der Waals surface area contributed by atoms with Crippen LogP contribution in [-0.4, -0.2) is 5.11 Å². The van der Waals surface area contributed by atoms with Gasteiger partial charge in [0.15, 0.2) is 0 Å². The van der Waals surface area contributed by atoms with Gasteiger partial charge in [-0.2, -0.15) is 0 Å². The highest BCUT2D eigenvalue weighted by Crippen LogP contribution is 2.43. The predicted molar refractivity (Wildman–Crippen MR) is 85.5 cm³/mol. The highest BCUT2D eigenvalue weighted by atomic mass is 127. The largest absolute Gasteiger partial charge is 0.507 e. The van der Waals surface area contributed by atoms with Crippen LogP contribution in [0.15, 0.2) is 11.0 Å². The fraction of sp³-hybridized carbons (Fsp3) is 0.571. The summed E-state index contributed by atoms with van der Waals surface area (Å²) in [5, 5.41) is 10.5. The Hall–Kier alpha value is 0.1000. The van der Waals surface area contributed by atoms with E-state index < -0.39 is 0 Å². The van der Waals surface area contributed by atoms with Crippen molar-refractivity contribution in [2.75, 3.05) is 0 Å². The Balaban J connectivity index is 3.67. The summed E-state index contributed by atoms with van der Waals surface area (Å²) in [6.07, 6.45) is 0. The third kappa shape index (κ3) is 3.11. The molecular weight excluding hydrogens is 343 g/mol. The average molecular weight is 364 g/mol. The first kappa shape index (κ1) is 15.2. The second kappa shape index (κ2) is 4.65. The molecule has 0 aliphatic carbocycles. The summed E-state index contributed by atoms with van der Waals surface area (Å²) in [6.45, 7) is 12.7. The standard InChI is InChI=1S/C14H21IOS/c1-13(2,3)8-7-9(17)11(15)10(12(8)16)14(4,5)6/h7,16-17H,1-6H3. The Morgan fingerprint density at radius 1 is 1.06 bits per heavy atom. The van der Waals surface area contributed by atoms with Crippen molar-refractivity contribution in [3.05, 3.63) is 20.8 Å². The Morgan fingerprint density at radius 3 is 1.88 bits per heavy atom. The monoisotopic (exact) mass is 364 g/mol. The molecule has 0 aliphatic heterocycles. The van der Waals surface area contributed by atoms with Crippen LogP contribution in [-0.2, 0) is 10.8 Å². The van der Waals surface area contributed by atoms with Gasteiger partial charge >= 0.3 is 0 Å².